The van der Waals surface area contributed by atoms with Crippen molar-refractivity contribution in [2.24, 2.45) is 5.73 Å². The Morgan fingerprint density at radius 3 is 2.68 bits per heavy atom. The Hall–Kier alpha value is -2.12. The van der Waals surface area contributed by atoms with Crippen molar-refractivity contribution < 1.29 is 10.0 Å². The first kappa shape index (κ1) is 20.6. The number of amides is 1. The second-order valence-corrected chi connectivity index (χ2v) is 7.42. The maximum absolute atomic E-state index is 11.7. The molecule has 1 amide bonds. The van der Waals surface area contributed by atoms with E-state index in [4.69, 9.17) is 39.1 Å². The van der Waals surface area contributed by atoms with E-state index in [0.717, 1.165) is 48.2 Å². The summed E-state index contributed by atoms with van der Waals surface area (Å²) in [6, 6.07) is 10.7. The van der Waals surface area contributed by atoms with Crippen LogP contribution in [0, 0.1) is 0 Å². The lowest BCUT2D eigenvalue weighted by atomic mass is 10.1. The molecule has 28 heavy (non-hydrogen) atoms. The van der Waals surface area contributed by atoms with Gasteiger partial charge < -0.3 is 10.3 Å². The third-order valence-electron chi connectivity index (χ3n) is 4.61. The quantitative estimate of drug-likeness (QED) is 0.289. The molecule has 8 heteroatoms. The maximum atomic E-state index is 11.7. The molecule has 0 aliphatic heterocycles. The summed E-state index contributed by atoms with van der Waals surface area (Å²) in [5, 5.41) is 9.81. The number of rotatable bonds is 8. The second kappa shape index (κ2) is 9.39. The summed E-state index contributed by atoms with van der Waals surface area (Å²) >= 11 is 12.4. The number of fused-ring (bicyclic) bond motifs is 1. The molecule has 0 aliphatic carbocycles. The molecule has 148 valence electrons. The number of unbranched alkanes of at least 4 members (excludes halogenated alkanes) is 2. The summed E-state index contributed by atoms with van der Waals surface area (Å²) in [6.07, 6.45) is 3.52. The van der Waals surface area contributed by atoms with E-state index in [1.807, 2.05) is 12.1 Å². The Labute approximate surface area is 173 Å². The Morgan fingerprint density at radius 1 is 1.14 bits per heavy atom. The molecular weight excluding hydrogens is 399 g/mol. The lowest BCUT2D eigenvalue weighted by Crippen LogP contribution is -2.18. The van der Waals surface area contributed by atoms with Crippen molar-refractivity contribution in [3.63, 3.8) is 0 Å². The lowest BCUT2D eigenvalue weighted by molar-refractivity contribution is 0.0706. The smallest absolute Gasteiger partial charge is 0.274 e. The van der Waals surface area contributed by atoms with E-state index >= 15 is 0 Å². The van der Waals surface area contributed by atoms with Crippen molar-refractivity contribution in [2.75, 3.05) is 6.54 Å². The summed E-state index contributed by atoms with van der Waals surface area (Å²) in [7, 11) is 0. The highest BCUT2D eigenvalue weighted by Crippen LogP contribution is 2.29. The highest BCUT2D eigenvalue weighted by atomic mass is 35.5. The maximum Gasteiger partial charge on any atom is 0.274 e. The van der Waals surface area contributed by atoms with Gasteiger partial charge in [0.15, 0.2) is 0 Å². The average Bonchev–Trinajstić information content (AvgIpc) is 3.01. The lowest BCUT2D eigenvalue weighted by Gasteiger charge is -2.10. The topological polar surface area (TPSA) is 93.2 Å². The minimum absolute atomic E-state index is 0.386. The molecule has 0 saturated heterocycles. The van der Waals surface area contributed by atoms with Gasteiger partial charge in [-0.25, -0.2) is 10.5 Å². The molecule has 1 heterocycles. The van der Waals surface area contributed by atoms with E-state index in [2.05, 4.69) is 4.57 Å². The molecule has 4 N–H and O–H groups in total. The number of nitrogens with zero attached hydrogens (tertiary/aromatic N) is 2. The zero-order valence-corrected chi connectivity index (χ0v) is 16.8. The van der Waals surface area contributed by atoms with Crippen LogP contribution >= 0.6 is 23.2 Å². The molecule has 0 bridgehead atoms. The van der Waals surface area contributed by atoms with E-state index in [1.165, 1.54) is 0 Å². The van der Waals surface area contributed by atoms with Crippen LogP contribution in [0.25, 0.3) is 11.0 Å². The zero-order valence-electron chi connectivity index (χ0n) is 15.3. The van der Waals surface area contributed by atoms with Gasteiger partial charge in [0.25, 0.3) is 5.91 Å². The van der Waals surface area contributed by atoms with Crippen molar-refractivity contribution in [3.8, 4) is 0 Å². The number of imidazole rings is 1. The Kier molecular flexibility index (Phi) is 6.91. The monoisotopic (exact) mass is 420 g/mol. The van der Waals surface area contributed by atoms with Crippen molar-refractivity contribution in [1.29, 1.82) is 0 Å². The van der Waals surface area contributed by atoms with Gasteiger partial charge in [-0.15, -0.1) is 0 Å². The summed E-state index contributed by atoms with van der Waals surface area (Å²) in [4.78, 5) is 16.4. The molecule has 0 spiro atoms. The normalized spacial score (nSPS) is 11.1. The average molecular weight is 421 g/mol. The highest BCUT2D eigenvalue weighted by molar-refractivity contribution is 6.42. The number of aromatic nitrogens is 2. The van der Waals surface area contributed by atoms with Gasteiger partial charge in [-0.1, -0.05) is 41.8 Å². The first-order valence-electron chi connectivity index (χ1n) is 9.11. The predicted octanol–water partition coefficient (Wildman–Crippen LogP) is 4.18. The van der Waals surface area contributed by atoms with Crippen molar-refractivity contribution in [3.05, 3.63) is 63.4 Å². The Balaban J connectivity index is 1.95. The van der Waals surface area contributed by atoms with Gasteiger partial charge in [0.2, 0.25) is 0 Å². The van der Waals surface area contributed by atoms with E-state index < -0.39 is 5.91 Å². The van der Waals surface area contributed by atoms with Gasteiger partial charge in [0.1, 0.15) is 5.82 Å². The minimum atomic E-state index is -0.546. The molecule has 0 saturated carbocycles. The molecule has 3 rings (SSSR count). The largest absolute Gasteiger partial charge is 0.330 e. The molecular formula is C20H22Cl2N4O2. The molecule has 0 unspecified atom stereocenters. The van der Waals surface area contributed by atoms with Crippen molar-refractivity contribution in [1.82, 2.24) is 15.0 Å². The standard InChI is InChI=1S/C20H22Cl2N4O2/c21-15-11-17-18(12-16(15)22)26(8-3-1-2-7-23)19(24-17)10-13-5-4-6-14(9-13)20(27)25-28/h4-6,9,11-12,28H,1-3,7-8,10,23H2,(H,25,27). The highest BCUT2D eigenvalue weighted by Gasteiger charge is 2.14. The van der Waals surface area contributed by atoms with Crippen LogP contribution in [0.3, 0.4) is 0 Å². The van der Waals surface area contributed by atoms with E-state index in [1.54, 1.807) is 29.7 Å². The molecule has 0 atom stereocenters. The third kappa shape index (κ3) is 4.64. The van der Waals surface area contributed by atoms with Crippen molar-refractivity contribution >= 4 is 40.1 Å². The number of nitrogens with one attached hydrogen (secondary N) is 1. The van der Waals surface area contributed by atoms with E-state index in [9.17, 15) is 4.79 Å². The van der Waals surface area contributed by atoms with Crippen molar-refractivity contribution in [2.45, 2.75) is 32.2 Å². The molecule has 0 aliphatic rings. The molecule has 0 radical (unpaired) electrons. The number of carbonyl (C=O) groups is 1. The van der Waals surface area contributed by atoms with Gasteiger partial charge in [0.05, 0.1) is 21.1 Å². The van der Waals surface area contributed by atoms with Gasteiger partial charge in [-0.3, -0.25) is 10.0 Å². The van der Waals surface area contributed by atoms with E-state index in [-0.39, 0.29) is 0 Å². The van der Waals surface area contributed by atoms with E-state index in [0.29, 0.717) is 28.6 Å². The molecule has 6 nitrogen and oxygen atoms in total. The SMILES string of the molecule is NCCCCCn1c(Cc2cccc(C(=O)NO)c2)nc2cc(Cl)c(Cl)cc21. The number of benzene rings is 2. The zero-order chi connectivity index (χ0) is 20.1. The van der Waals surface area contributed by atoms with Crippen LogP contribution in [0.15, 0.2) is 36.4 Å². The number of hydrogen-bond donors (Lipinski definition) is 3. The van der Waals surface area contributed by atoms with Gasteiger partial charge in [-0.05, 0) is 49.2 Å². The third-order valence-corrected chi connectivity index (χ3v) is 5.33. The number of nitrogens with two attached hydrogens (primary N) is 1. The van der Waals surface area contributed by atoms with Crippen LogP contribution < -0.4 is 11.2 Å². The van der Waals surface area contributed by atoms with Crippen LogP contribution in [0.4, 0.5) is 0 Å². The molecule has 0 fully saturated rings. The fourth-order valence-electron chi connectivity index (χ4n) is 3.22. The summed E-state index contributed by atoms with van der Waals surface area (Å²) in [5.74, 6) is 0.318. The minimum Gasteiger partial charge on any atom is -0.330 e. The van der Waals surface area contributed by atoms with Crippen LogP contribution in [-0.4, -0.2) is 27.2 Å². The van der Waals surface area contributed by atoms with Crippen LogP contribution in [0.5, 0.6) is 0 Å². The Bertz CT molecular complexity index is 988. The molecule has 1 aromatic heterocycles. The fourth-order valence-corrected chi connectivity index (χ4v) is 3.53. The predicted molar refractivity (Wildman–Crippen MR) is 111 cm³/mol. The molecule has 2 aromatic carbocycles. The van der Waals surface area contributed by atoms with Crippen LogP contribution in [0.1, 0.15) is 41.0 Å². The second-order valence-electron chi connectivity index (χ2n) is 6.60. The Morgan fingerprint density at radius 2 is 1.93 bits per heavy atom. The first-order chi connectivity index (χ1) is 13.5. The number of hydroxylamine groups is 1. The first-order valence-corrected chi connectivity index (χ1v) is 9.86. The van der Waals surface area contributed by atoms with Gasteiger partial charge in [0, 0.05) is 18.5 Å². The van der Waals surface area contributed by atoms with Crippen LogP contribution in [0.2, 0.25) is 10.0 Å². The summed E-state index contributed by atoms with van der Waals surface area (Å²) < 4.78 is 2.15. The fraction of sp³-hybridized carbons (Fsp3) is 0.300. The number of hydrogen-bond acceptors (Lipinski definition) is 4. The molecule has 3 aromatic rings. The summed E-state index contributed by atoms with van der Waals surface area (Å²) in [5.41, 5.74) is 10.3. The van der Waals surface area contributed by atoms with Crippen LogP contribution in [-0.2, 0) is 13.0 Å². The number of carbonyl (C=O) groups excluding carboxylic acids is 1. The van der Waals surface area contributed by atoms with Gasteiger partial charge in [-0.2, -0.15) is 0 Å². The number of halogens is 2. The summed E-state index contributed by atoms with van der Waals surface area (Å²) in [6.45, 7) is 1.47. The van der Waals surface area contributed by atoms with Gasteiger partial charge >= 0.3 is 0 Å². The number of aryl methyl sites for hydroxylation is 1.